The van der Waals surface area contributed by atoms with Gasteiger partial charge in [-0.25, -0.2) is 0 Å². The van der Waals surface area contributed by atoms with Crippen LogP contribution in [-0.2, 0) is 21.6 Å². The van der Waals surface area contributed by atoms with E-state index < -0.39 is 0 Å². The van der Waals surface area contributed by atoms with Crippen LogP contribution in [0, 0.1) is 5.92 Å². The molecule has 0 aliphatic carbocycles. The summed E-state index contributed by atoms with van der Waals surface area (Å²) in [6.45, 7) is 11.8. The van der Waals surface area contributed by atoms with Gasteiger partial charge in [0.2, 0.25) is 5.91 Å². The van der Waals surface area contributed by atoms with Gasteiger partial charge in [-0.1, -0.05) is 103 Å². The summed E-state index contributed by atoms with van der Waals surface area (Å²) in [6, 6.07) is 16.7. The van der Waals surface area contributed by atoms with E-state index in [0.29, 0.717) is 38.2 Å². The lowest BCUT2D eigenvalue weighted by molar-refractivity contribution is -0.138. The van der Waals surface area contributed by atoms with Gasteiger partial charge in [-0.05, 0) is 41.9 Å². The Balaban J connectivity index is 1.97. The minimum atomic E-state index is -0.144. The van der Waals surface area contributed by atoms with Crippen molar-refractivity contribution >= 4 is 11.7 Å². The Bertz CT molecular complexity index is 1010. The number of ether oxygens (including phenoxy) is 1. The van der Waals surface area contributed by atoms with Crippen LogP contribution in [0.4, 0.5) is 0 Å². The molecule has 4 heteroatoms. The normalized spacial score (nSPS) is 18.0. The molecule has 1 aliphatic heterocycles. The van der Waals surface area contributed by atoms with Gasteiger partial charge in [0, 0.05) is 30.9 Å². The monoisotopic (exact) mass is 505 g/mol. The zero-order valence-corrected chi connectivity index (χ0v) is 23.7. The van der Waals surface area contributed by atoms with E-state index in [9.17, 15) is 9.59 Å². The highest BCUT2D eigenvalue weighted by molar-refractivity contribution is 5.82. The smallest absolute Gasteiger partial charge is 0.222 e. The number of unbranched alkanes of at least 4 members (excludes halogenated alkanes) is 3. The highest BCUT2D eigenvalue weighted by Crippen LogP contribution is 2.42. The fourth-order valence-electron chi connectivity index (χ4n) is 5.57. The summed E-state index contributed by atoms with van der Waals surface area (Å²) in [5.41, 5.74) is 3.43. The number of amides is 1. The van der Waals surface area contributed by atoms with E-state index in [2.05, 4.69) is 51.1 Å². The second-order valence-electron chi connectivity index (χ2n) is 11.2. The maximum absolute atomic E-state index is 13.0. The first-order chi connectivity index (χ1) is 17.8. The maximum atomic E-state index is 13.0. The van der Waals surface area contributed by atoms with Gasteiger partial charge in [0.05, 0.1) is 6.04 Å². The molecule has 1 saturated heterocycles. The largest absolute Gasteiger partial charge is 0.489 e. The number of carbonyl (C=O) groups is 2. The molecular weight excluding hydrogens is 458 g/mol. The molecule has 0 unspecified atom stereocenters. The molecule has 1 heterocycles. The standard InChI is InChI=1S/C33H47NO3/c1-6-9-10-14-20-33(4,5)27-17-18-28(31(23-27)37-24-25-15-12-11-13-16-25)29-22-26(30(35)7-2)19-21-34(29)32(36)8-3/h11-13,15-18,23,26,29H,6-10,14,19-22,24H2,1-5H3/t26-,29+/m0/s1. The van der Waals surface area contributed by atoms with Crippen molar-refractivity contribution in [2.75, 3.05) is 6.54 Å². The molecule has 0 bridgehead atoms. The molecule has 0 spiro atoms. The summed E-state index contributed by atoms with van der Waals surface area (Å²) in [5, 5.41) is 0. The van der Waals surface area contributed by atoms with Crippen molar-refractivity contribution < 1.29 is 14.3 Å². The van der Waals surface area contributed by atoms with Gasteiger partial charge >= 0.3 is 0 Å². The first-order valence-corrected chi connectivity index (χ1v) is 14.4. The number of ketones is 1. The van der Waals surface area contributed by atoms with Crippen LogP contribution < -0.4 is 4.74 Å². The summed E-state index contributed by atoms with van der Waals surface area (Å²) in [5.74, 6) is 1.27. The molecule has 2 aromatic carbocycles. The lowest BCUT2D eigenvalue weighted by Gasteiger charge is -2.40. The average Bonchev–Trinajstić information content (AvgIpc) is 2.93. The Hall–Kier alpha value is -2.62. The molecule has 2 atom stereocenters. The van der Waals surface area contributed by atoms with E-state index in [1.807, 2.05) is 36.9 Å². The first kappa shape index (κ1) is 28.9. The Morgan fingerprint density at radius 3 is 2.41 bits per heavy atom. The molecule has 4 nitrogen and oxygen atoms in total. The van der Waals surface area contributed by atoms with E-state index in [0.717, 1.165) is 29.7 Å². The predicted octanol–water partition coefficient (Wildman–Crippen LogP) is 8.18. The molecule has 2 aromatic rings. The van der Waals surface area contributed by atoms with Gasteiger partial charge < -0.3 is 9.64 Å². The third kappa shape index (κ3) is 7.69. The van der Waals surface area contributed by atoms with Crippen LogP contribution in [0.3, 0.4) is 0 Å². The molecule has 1 amide bonds. The number of carbonyl (C=O) groups excluding carboxylic acids is 2. The third-order valence-electron chi connectivity index (χ3n) is 8.08. The van der Waals surface area contributed by atoms with Gasteiger partial charge in [0.25, 0.3) is 0 Å². The predicted molar refractivity (Wildman–Crippen MR) is 152 cm³/mol. The van der Waals surface area contributed by atoms with Crippen LogP contribution >= 0.6 is 0 Å². The average molecular weight is 506 g/mol. The molecule has 1 fully saturated rings. The molecule has 0 saturated carbocycles. The molecule has 0 N–H and O–H groups in total. The van der Waals surface area contributed by atoms with E-state index in [1.54, 1.807) is 0 Å². The topological polar surface area (TPSA) is 46.6 Å². The van der Waals surface area contributed by atoms with Crippen LogP contribution in [0.5, 0.6) is 5.75 Å². The minimum Gasteiger partial charge on any atom is -0.489 e. The molecule has 202 valence electrons. The number of rotatable bonds is 13. The van der Waals surface area contributed by atoms with Gasteiger partial charge in [-0.2, -0.15) is 0 Å². The fraction of sp³-hybridized carbons (Fsp3) is 0.576. The Morgan fingerprint density at radius 2 is 1.73 bits per heavy atom. The van der Waals surface area contributed by atoms with Crippen molar-refractivity contribution in [2.24, 2.45) is 5.92 Å². The van der Waals surface area contributed by atoms with E-state index >= 15 is 0 Å². The zero-order chi connectivity index (χ0) is 26.8. The SMILES string of the molecule is CCCCCCC(C)(C)c1ccc([C@H]2C[C@@H](C(=O)CC)CCN2C(=O)CC)c(OCc2ccccc2)c1. The highest BCUT2D eigenvalue weighted by atomic mass is 16.5. The third-order valence-corrected chi connectivity index (χ3v) is 8.08. The second kappa shape index (κ2) is 13.8. The van der Waals surface area contributed by atoms with Crippen LogP contribution in [0.1, 0.15) is 115 Å². The molecule has 1 aliphatic rings. The van der Waals surface area contributed by atoms with Crippen molar-refractivity contribution in [3.05, 3.63) is 65.2 Å². The molecule has 0 radical (unpaired) electrons. The van der Waals surface area contributed by atoms with Crippen LogP contribution in [0.2, 0.25) is 0 Å². The van der Waals surface area contributed by atoms with E-state index in [-0.39, 0.29) is 23.3 Å². The second-order valence-corrected chi connectivity index (χ2v) is 11.2. The Kier molecular flexibility index (Phi) is 10.8. The van der Waals surface area contributed by atoms with Crippen molar-refractivity contribution in [3.8, 4) is 5.75 Å². The van der Waals surface area contributed by atoms with Gasteiger partial charge in [0.1, 0.15) is 18.1 Å². The van der Waals surface area contributed by atoms with Gasteiger partial charge in [0.15, 0.2) is 0 Å². The van der Waals surface area contributed by atoms with Crippen molar-refractivity contribution in [2.45, 2.75) is 110 Å². The van der Waals surface area contributed by atoms with Crippen LogP contribution in [0.15, 0.2) is 48.5 Å². The summed E-state index contributed by atoms with van der Waals surface area (Å²) in [7, 11) is 0. The fourth-order valence-corrected chi connectivity index (χ4v) is 5.57. The number of nitrogens with zero attached hydrogens (tertiary/aromatic N) is 1. The van der Waals surface area contributed by atoms with Crippen LogP contribution in [0.25, 0.3) is 0 Å². The van der Waals surface area contributed by atoms with E-state index in [1.165, 1.54) is 31.2 Å². The molecule has 3 rings (SSSR count). The van der Waals surface area contributed by atoms with Crippen molar-refractivity contribution in [1.29, 1.82) is 0 Å². The lowest BCUT2D eigenvalue weighted by Crippen LogP contribution is -2.42. The Morgan fingerprint density at radius 1 is 0.973 bits per heavy atom. The van der Waals surface area contributed by atoms with Crippen molar-refractivity contribution in [1.82, 2.24) is 4.90 Å². The van der Waals surface area contributed by atoms with Gasteiger partial charge in [-0.3, -0.25) is 9.59 Å². The van der Waals surface area contributed by atoms with Crippen molar-refractivity contribution in [3.63, 3.8) is 0 Å². The lowest BCUT2D eigenvalue weighted by atomic mass is 9.78. The summed E-state index contributed by atoms with van der Waals surface area (Å²) >= 11 is 0. The number of hydrogen-bond acceptors (Lipinski definition) is 3. The van der Waals surface area contributed by atoms with Gasteiger partial charge in [-0.15, -0.1) is 0 Å². The summed E-state index contributed by atoms with van der Waals surface area (Å²) < 4.78 is 6.52. The molecule has 0 aromatic heterocycles. The maximum Gasteiger partial charge on any atom is 0.222 e. The Labute approximate surface area is 224 Å². The zero-order valence-electron chi connectivity index (χ0n) is 23.7. The molecule has 37 heavy (non-hydrogen) atoms. The highest BCUT2D eigenvalue weighted by Gasteiger charge is 2.36. The van der Waals surface area contributed by atoms with E-state index in [4.69, 9.17) is 4.74 Å². The first-order valence-electron chi connectivity index (χ1n) is 14.4. The number of likely N-dealkylation sites (tertiary alicyclic amines) is 1. The number of benzene rings is 2. The molecular formula is C33H47NO3. The minimum absolute atomic E-state index is 0.00689. The quantitative estimate of drug-likeness (QED) is 0.258. The van der Waals surface area contributed by atoms with Crippen LogP contribution in [-0.4, -0.2) is 23.1 Å². The number of Topliss-reactive ketones (excluding diaryl/α,β-unsaturated/α-hetero) is 1. The number of piperidine rings is 1. The summed E-state index contributed by atoms with van der Waals surface area (Å²) in [4.78, 5) is 27.7. The number of hydrogen-bond donors (Lipinski definition) is 0. The summed E-state index contributed by atoms with van der Waals surface area (Å²) in [6.07, 6.45) is 8.54.